The molecule has 0 atom stereocenters. The van der Waals surface area contributed by atoms with Gasteiger partial charge in [0.05, 0.1) is 0 Å². The van der Waals surface area contributed by atoms with Crippen molar-refractivity contribution in [3.05, 3.63) is 59.7 Å². The van der Waals surface area contributed by atoms with Crippen molar-refractivity contribution in [2.24, 2.45) is 0 Å². The number of ether oxygens (including phenoxy) is 2. The molecule has 0 aromatic heterocycles. The average molecular weight is 363 g/mol. The minimum Gasteiger partial charge on any atom is -0.482 e. The molecule has 0 aliphatic carbocycles. The molecule has 0 radical (unpaired) electrons. The van der Waals surface area contributed by atoms with Gasteiger partial charge in [0.1, 0.15) is 23.1 Å². The predicted octanol–water partition coefficient (Wildman–Crippen LogP) is 2.73. The second kappa shape index (κ2) is 8.70. The molecule has 0 fully saturated rings. The number of halogens is 2. The molecule has 0 spiro atoms. The van der Waals surface area contributed by atoms with Crippen molar-refractivity contribution in [1.29, 1.82) is 0 Å². The van der Waals surface area contributed by atoms with Crippen LogP contribution in [0.25, 0.3) is 0 Å². The molecule has 1 N–H and O–H groups in total. The molecule has 0 unspecified atom stereocenters. The average Bonchev–Trinajstić information content (AvgIpc) is 2.61. The molecule has 2 aromatic carbocycles. The molecule has 136 valence electrons. The van der Waals surface area contributed by atoms with Gasteiger partial charge in [0.15, 0.2) is 19.0 Å². The van der Waals surface area contributed by atoms with E-state index in [1.165, 1.54) is 13.0 Å². The highest BCUT2D eigenvalue weighted by molar-refractivity contribution is 5.94. The molecule has 0 saturated heterocycles. The summed E-state index contributed by atoms with van der Waals surface area (Å²) in [6.45, 7) is 0.163. The van der Waals surface area contributed by atoms with Gasteiger partial charge in [-0.3, -0.25) is 9.59 Å². The van der Waals surface area contributed by atoms with Crippen molar-refractivity contribution >= 4 is 23.3 Å². The number of carbonyl (C=O) groups is 3. The van der Waals surface area contributed by atoms with Gasteiger partial charge in [-0.25, -0.2) is 13.6 Å². The number of rotatable bonds is 7. The summed E-state index contributed by atoms with van der Waals surface area (Å²) < 4.78 is 36.6. The molecule has 0 heterocycles. The van der Waals surface area contributed by atoms with Crippen molar-refractivity contribution in [3.63, 3.8) is 0 Å². The lowest BCUT2D eigenvalue weighted by Crippen LogP contribution is -2.24. The van der Waals surface area contributed by atoms with Crippen LogP contribution in [0, 0.1) is 11.6 Å². The van der Waals surface area contributed by atoms with Crippen LogP contribution in [0.1, 0.15) is 17.3 Å². The number of Topliss-reactive ketones (excluding diaryl/α,β-unsaturated/α-hetero) is 1. The number of hydrogen-bond donors (Lipinski definition) is 1. The predicted molar refractivity (Wildman–Crippen MR) is 87.9 cm³/mol. The fourth-order valence-electron chi connectivity index (χ4n) is 1.93. The summed E-state index contributed by atoms with van der Waals surface area (Å²) in [5.41, 5.74) is -0.201. The number of esters is 1. The van der Waals surface area contributed by atoms with E-state index in [0.717, 1.165) is 18.2 Å². The van der Waals surface area contributed by atoms with Crippen LogP contribution in [0.2, 0.25) is 0 Å². The lowest BCUT2D eigenvalue weighted by molar-refractivity contribution is -0.149. The van der Waals surface area contributed by atoms with Crippen molar-refractivity contribution in [2.75, 3.05) is 18.5 Å². The van der Waals surface area contributed by atoms with Crippen LogP contribution in [0.5, 0.6) is 5.75 Å². The maximum absolute atomic E-state index is 13.4. The number of hydrogen-bond acceptors (Lipinski definition) is 5. The van der Waals surface area contributed by atoms with Gasteiger partial charge in [-0.1, -0.05) is 18.2 Å². The van der Waals surface area contributed by atoms with Crippen LogP contribution >= 0.6 is 0 Å². The number of carbonyl (C=O) groups excluding carboxylic acids is 3. The van der Waals surface area contributed by atoms with E-state index in [9.17, 15) is 23.2 Å². The molecule has 26 heavy (non-hydrogen) atoms. The summed E-state index contributed by atoms with van der Waals surface area (Å²) in [4.78, 5) is 34.5. The molecule has 0 saturated carbocycles. The molecule has 2 rings (SSSR count). The molecule has 6 nitrogen and oxygen atoms in total. The lowest BCUT2D eigenvalue weighted by atomic mass is 10.1. The monoisotopic (exact) mass is 363 g/mol. The zero-order chi connectivity index (χ0) is 19.1. The number of anilines is 1. The molecular formula is C18H15F2NO5. The van der Waals surface area contributed by atoms with Gasteiger partial charge in [-0.05, 0) is 31.2 Å². The molecule has 0 aliphatic rings. The third-order valence-corrected chi connectivity index (χ3v) is 3.19. The second-order valence-electron chi connectivity index (χ2n) is 5.18. The van der Waals surface area contributed by atoms with Gasteiger partial charge >= 0.3 is 5.97 Å². The second-order valence-corrected chi connectivity index (χ2v) is 5.18. The summed E-state index contributed by atoms with van der Waals surface area (Å²) in [5, 5.41) is 1.98. The van der Waals surface area contributed by atoms with Crippen LogP contribution in [-0.2, 0) is 14.3 Å². The zero-order valence-electron chi connectivity index (χ0n) is 13.8. The van der Waals surface area contributed by atoms with Crippen LogP contribution < -0.4 is 10.1 Å². The van der Waals surface area contributed by atoms with Crippen LogP contribution in [0.3, 0.4) is 0 Å². The Bertz CT molecular complexity index is 818. The summed E-state index contributed by atoms with van der Waals surface area (Å²) in [6.07, 6.45) is 0. The molecule has 0 aliphatic heterocycles. The maximum atomic E-state index is 13.4. The maximum Gasteiger partial charge on any atom is 0.344 e. The van der Waals surface area contributed by atoms with E-state index in [4.69, 9.17) is 4.74 Å². The largest absolute Gasteiger partial charge is 0.482 e. The minimum absolute atomic E-state index is 0.157. The first-order valence-corrected chi connectivity index (χ1v) is 7.50. The van der Waals surface area contributed by atoms with E-state index in [1.807, 2.05) is 5.32 Å². The Hall–Kier alpha value is -3.29. The van der Waals surface area contributed by atoms with Crippen molar-refractivity contribution in [2.45, 2.75) is 6.92 Å². The van der Waals surface area contributed by atoms with Gasteiger partial charge in [-0.2, -0.15) is 0 Å². The Morgan fingerprint density at radius 3 is 2.31 bits per heavy atom. The van der Waals surface area contributed by atoms with E-state index in [-0.39, 0.29) is 11.5 Å². The van der Waals surface area contributed by atoms with E-state index >= 15 is 0 Å². The van der Waals surface area contributed by atoms with E-state index in [2.05, 4.69) is 4.74 Å². The topological polar surface area (TPSA) is 81.7 Å². The zero-order valence-corrected chi connectivity index (χ0v) is 13.8. The Labute approximate surface area is 147 Å². The minimum atomic E-state index is -0.946. The molecule has 1 amide bonds. The van der Waals surface area contributed by atoms with Crippen LogP contribution in [0.15, 0.2) is 42.5 Å². The standard InChI is InChI=1S/C18H15F2NO5/c1-11(22)12-4-2-5-13(8-12)25-10-17(24)26-9-16(23)21-18-14(19)6-3-7-15(18)20/h2-8H,9-10H2,1H3,(H,21,23). The van der Waals surface area contributed by atoms with Gasteiger partial charge in [0, 0.05) is 5.56 Å². The van der Waals surface area contributed by atoms with Gasteiger partial charge < -0.3 is 14.8 Å². The molecular weight excluding hydrogens is 348 g/mol. The van der Waals surface area contributed by atoms with E-state index in [0.29, 0.717) is 5.56 Å². The highest BCUT2D eigenvalue weighted by Gasteiger charge is 2.14. The summed E-state index contributed by atoms with van der Waals surface area (Å²) in [6, 6.07) is 9.31. The number of nitrogens with one attached hydrogen (secondary N) is 1. The molecule has 8 heteroatoms. The SMILES string of the molecule is CC(=O)c1cccc(OCC(=O)OCC(=O)Nc2c(F)cccc2F)c1. The number of para-hydroxylation sites is 1. The van der Waals surface area contributed by atoms with Gasteiger partial charge in [0.25, 0.3) is 5.91 Å². The van der Waals surface area contributed by atoms with E-state index in [1.54, 1.807) is 18.2 Å². The summed E-state index contributed by atoms with van der Waals surface area (Å²) in [5.74, 6) is -3.53. The smallest absolute Gasteiger partial charge is 0.344 e. The summed E-state index contributed by atoms with van der Waals surface area (Å²) in [7, 11) is 0. The Balaban J connectivity index is 1.80. The van der Waals surface area contributed by atoms with Gasteiger partial charge in [-0.15, -0.1) is 0 Å². The number of amides is 1. The Kier molecular flexibility index (Phi) is 6.37. The fraction of sp³-hybridized carbons (Fsp3) is 0.167. The van der Waals surface area contributed by atoms with Crippen molar-refractivity contribution in [1.82, 2.24) is 0 Å². The van der Waals surface area contributed by atoms with Crippen molar-refractivity contribution in [3.8, 4) is 5.75 Å². The normalized spacial score (nSPS) is 10.1. The highest BCUT2D eigenvalue weighted by atomic mass is 19.1. The van der Waals surface area contributed by atoms with Crippen LogP contribution in [0.4, 0.5) is 14.5 Å². The number of benzene rings is 2. The Morgan fingerprint density at radius 2 is 1.65 bits per heavy atom. The third kappa shape index (κ3) is 5.37. The third-order valence-electron chi connectivity index (χ3n) is 3.19. The first-order valence-electron chi connectivity index (χ1n) is 7.50. The quantitative estimate of drug-likeness (QED) is 0.604. The fourth-order valence-corrected chi connectivity index (χ4v) is 1.93. The number of ketones is 1. The van der Waals surface area contributed by atoms with Crippen molar-refractivity contribution < 1.29 is 32.6 Å². The highest BCUT2D eigenvalue weighted by Crippen LogP contribution is 2.17. The lowest BCUT2D eigenvalue weighted by Gasteiger charge is -2.09. The summed E-state index contributed by atoms with van der Waals surface area (Å²) >= 11 is 0. The molecule has 2 aromatic rings. The van der Waals surface area contributed by atoms with E-state index < -0.39 is 42.4 Å². The first kappa shape index (κ1) is 19.0. The first-order chi connectivity index (χ1) is 12.4. The molecule has 0 bridgehead atoms. The van der Waals surface area contributed by atoms with Gasteiger partial charge in [0.2, 0.25) is 0 Å². The van der Waals surface area contributed by atoms with Crippen LogP contribution in [-0.4, -0.2) is 30.9 Å². The Morgan fingerprint density at radius 1 is 1.00 bits per heavy atom.